The van der Waals surface area contributed by atoms with E-state index in [1.54, 1.807) is 7.11 Å². The fourth-order valence-corrected chi connectivity index (χ4v) is 2.52. The number of rotatable bonds is 5. The van der Waals surface area contributed by atoms with Crippen LogP contribution in [0.4, 0.5) is 17.3 Å². The lowest BCUT2D eigenvalue weighted by molar-refractivity contribution is 0.415. The first-order valence-electron chi connectivity index (χ1n) is 8.57. The normalized spacial score (nSPS) is 11.1. The topological polar surface area (TPSA) is 59.1 Å². The van der Waals surface area contributed by atoms with Crippen molar-refractivity contribution in [1.82, 2.24) is 9.97 Å². The summed E-state index contributed by atoms with van der Waals surface area (Å²) in [4.78, 5) is 9.36. The van der Waals surface area contributed by atoms with E-state index < -0.39 is 0 Å². The Morgan fingerprint density at radius 3 is 2.27 bits per heavy atom. The largest absolute Gasteiger partial charge is 0.497 e. The van der Waals surface area contributed by atoms with Crippen LogP contribution in [0.25, 0.3) is 11.4 Å². The summed E-state index contributed by atoms with van der Waals surface area (Å²) in [5, 5.41) is 6.77. The molecule has 0 spiro atoms. The average Bonchev–Trinajstić information content (AvgIpc) is 2.61. The van der Waals surface area contributed by atoms with Crippen LogP contribution in [-0.2, 0) is 0 Å². The van der Waals surface area contributed by atoms with Crippen LogP contribution in [0, 0.1) is 0 Å². The third-order valence-electron chi connectivity index (χ3n) is 3.60. The van der Waals surface area contributed by atoms with E-state index >= 15 is 0 Å². The highest BCUT2D eigenvalue weighted by atomic mass is 16.5. The highest BCUT2D eigenvalue weighted by molar-refractivity contribution is 5.66. The Morgan fingerprint density at radius 2 is 1.58 bits per heavy atom. The lowest BCUT2D eigenvalue weighted by atomic mass is 10.1. The minimum absolute atomic E-state index is 0.102. The lowest BCUT2D eigenvalue weighted by Crippen LogP contribution is -2.26. The van der Waals surface area contributed by atoms with Gasteiger partial charge in [0.25, 0.3) is 0 Å². The first-order valence-corrected chi connectivity index (χ1v) is 8.57. The number of nitrogens with one attached hydrogen (secondary N) is 2. The number of aromatic nitrogens is 2. The predicted molar refractivity (Wildman–Crippen MR) is 107 cm³/mol. The van der Waals surface area contributed by atoms with Crippen molar-refractivity contribution in [2.24, 2.45) is 0 Å². The summed E-state index contributed by atoms with van der Waals surface area (Å²) in [6.07, 6.45) is 0. The summed E-state index contributed by atoms with van der Waals surface area (Å²) in [7, 11) is 1.66. The lowest BCUT2D eigenvalue weighted by Gasteiger charge is -2.22. The smallest absolute Gasteiger partial charge is 0.163 e. The van der Waals surface area contributed by atoms with Crippen LogP contribution in [0.5, 0.6) is 5.75 Å². The van der Waals surface area contributed by atoms with Gasteiger partial charge in [-0.2, -0.15) is 0 Å². The molecule has 0 saturated heterocycles. The Bertz CT molecular complexity index is 873. The van der Waals surface area contributed by atoms with E-state index in [0.717, 1.165) is 28.6 Å². The molecular weight excluding hydrogens is 324 g/mol. The first-order chi connectivity index (χ1) is 12.4. The van der Waals surface area contributed by atoms with Gasteiger partial charge in [-0.3, -0.25) is 0 Å². The molecule has 0 aliphatic rings. The molecule has 0 amide bonds. The first kappa shape index (κ1) is 17.7. The Hall–Kier alpha value is -3.08. The van der Waals surface area contributed by atoms with E-state index in [4.69, 9.17) is 4.74 Å². The van der Waals surface area contributed by atoms with Gasteiger partial charge in [-0.1, -0.05) is 36.4 Å². The molecule has 134 valence electrons. The van der Waals surface area contributed by atoms with Crippen LogP contribution in [0.2, 0.25) is 0 Å². The van der Waals surface area contributed by atoms with Crippen molar-refractivity contribution in [3.63, 3.8) is 0 Å². The highest BCUT2D eigenvalue weighted by Gasteiger charge is 2.13. The summed E-state index contributed by atoms with van der Waals surface area (Å²) in [6.45, 7) is 6.31. The number of ether oxygens (including phenoxy) is 1. The second-order valence-corrected chi connectivity index (χ2v) is 7.06. The zero-order chi connectivity index (χ0) is 18.6. The number of hydrogen-bond acceptors (Lipinski definition) is 5. The molecule has 0 unspecified atom stereocenters. The number of benzene rings is 2. The van der Waals surface area contributed by atoms with Crippen molar-refractivity contribution in [2.75, 3.05) is 17.7 Å². The van der Waals surface area contributed by atoms with Crippen molar-refractivity contribution in [3.05, 3.63) is 60.7 Å². The molecule has 0 bridgehead atoms. The van der Waals surface area contributed by atoms with Crippen molar-refractivity contribution >= 4 is 17.3 Å². The summed E-state index contributed by atoms with van der Waals surface area (Å²) in [5.74, 6) is 2.96. The van der Waals surface area contributed by atoms with Gasteiger partial charge >= 0.3 is 0 Å². The van der Waals surface area contributed by atoms with E-state index in [1.807, 2.05) is 60.7 Å². The van der Waals surface area contributed by atoms with E-state index in [0.29, 0.717) is 5.82 Å². The number of hydrogen-bond donors (Lipinski definition) is 2. The highest BCUT2D eigenvalue weighted by Crippen LogP contribution is 2.25. The van der Waals surface area contributed by atoms with Crippen LogP contribution < -0.4 is 15.4 Å². The van der Waals surface area contributed by atoms with Crippen LogP contribution in [0.3, 0.4) is 0 Å². The van der Waals surface area contributed by atoms with Crippen LogP contribution in [0.15, 0.2) is 60.7 Å². The molecule has 1 aromatic heterocycles. The fourth-order valence-electron chi connectivity index (χ4n) is 2.52. The molecule has 0 saturated carbocycles. The molecule has 2 aromatic carbocycles. The summed E-state index contributed by atoms with van der Waals surface area (Å²) < 4.78 is 5.29. The number of methoxy groups -OCH3 is 1. The van der Waals surface area contributed by atoms with Gasteiger partial charge in [0.2, 0.25) is 0 Å². The maximum absolute atomic E-state index is 5.29. The van der Waals surface area contributed by atoms with Crippen LogP contribution in [0.1, 0.15) is 20.8 Å². The van der Waals surface area contributed by atoms with Crippen molar-refractivity contribution in [2.45, 2.75) is 26.3 Å². The van der Waals surface area contributed by atoms with E-state index in [9.17, 15) is 0 Å². The van der Waals surface area contributed by atoms with Gasteiger partial charge in [-0.25, -0.2) is 9.97 Å². The molecule has 5 nitrogen and oxygen atoms in total. The molecule has 0 atom stereocenters. The average molecular weight is 348 g/mol. The maximum atomic E-state index is 5.29. The van der Waals surface area contributed by atoms with Crippen LogP contribution >= 0.6 is 0 Å². The van der Waals surface area contributed by atoms with Crippen molar-refractivity contribution in [1.29, 1.82) is 0 Å². The Morgan fingerprint density at radius 1 is 0.846 bits per heavy atom. The Kier molecular flexibility index (Phi) is 5.07. The number of nitrogens with zero attached hydrogens (tertiary/aromatic N) is 2. The molecule has 2 N–H and O–H groups in total. The van der Waals surface area contributed by atoms with Gasteiger partial charge in [0.15, 0.2) is 5.82 Å². The monoisotopic (exact) mass is 348 g/mol. The zero-order valence-electron chi connectivity index (χ0n) is 15.6. The molecule has 0 radical (unpaired) electrons. The van der Waals surface area contributed by atoms with E-state index in [1.165, 1.54) is 0 Å². The third-order valence-corrected chi connectivity index (χ3v) is 3.60. The second kappa shape index (κ2) is 7.44. The number of anilines is 3. The molecule has 5 heteroatoms. The molecule has 1 heterocycles. The van der Waals surface area contributed by atoms with Crippen molar-refractivity contribution in [3.8, 4) is 17.1 Å². The standard InChI is InChI=1S/C21H24N4O/c1-21(2,3)25-19-14-18(22-16-11-8-12-17(13-16)26-4)23-20(24-19)15-9-6-5-7-10-15/h5-14H,1-4H3,(H2,22,23,24,25). The second-order valence-electron chi connectivity index (χ2n) is 7.06. The third kappa shape index (κ3) is 4.72. The fraction of sp³-hybridized carbons (Fsp3) is 0.238. The zero-order valence-corrected chi connectivity index (χ0v) is 15.6. The molecule has 26 heavy (non-hydrogen) atoms. The Labute approximate surface area is 154 Å². The van der Waals surface area contributed by atoms with Gasteiger partial charge in [-0.15, -0.1) is 0 Å². The Balaban J connectivity index is 1.98. The predicted octanol–water partition coefficient (Wildman–Crippen LogP) is 5.11. The minimum atomic E-state index is -0.102. The van der Waals surface area contributed by atoms with E-state index in [2.05, 4.69) is 41.4 Å². The molecule has 0 fully saturated rings. The molecular formula is C21H24N4O. The van der Waals surface area contributed by atoms with Gasteiger partial charge in [0.05, 0.1) is 7.11 Å². The van der Waals surface area contributed by atoms with Crippen LogP contribution in [-0.4, -0.2) is 22.6 Å². The summed E-state index contributed by atoms with van der Waals surface area (Å²) in [6, 6.07) is 19.6. The van der Waals surface area contributed by atoms with Gasteiger partial charge in [0.1, 0.15) is 17.4 Å². The maximum Gasteiger partial charge on any atom is 0.163 e. The summed E-state index contributed by atoms with van der Waals surface area (Å²) in [5.41, 5.74) is 1.78. The SMILES string of the molecule is COc1cccc(Nc2cc(NC(C)(C)C)nc(-c3ccccc3)n2)c1. The molecule has 0 aliphatic carbocycles. The molecule has 3 aromatic rings. The summed E-state index contributed by atoms with van der Waals surface area (Å²) >= 11 is 0. The van der Waals surface area contributed by atoms with E-state index in [-0.39, 0.29) is 5.54 Å². The van der Waals surface area contributed by atoms with Gasteiger partial charge in [-0.05, 0) is 32.9 Å². The van der Waals surface area contributed by atoms with Gasteiger partial charge < -0.3 is 15.4 Å². The quantitative estimate of drug-likeness (QED) is 0.671. The molecule has 0 aliphatic heterocycles. The molecule has 3 rings (SSSR count). The van der Waals surface area contributed by atoms with Crippen molar-refractivity contribution < 1.29 is 4.74 Å². The van der Waals surface area contributed by atoms with Gasteiger partial charge in [0, 0.05) is 28.9 Å². The minimum Gasteiger partial charge on any atom is -0.497 e.